The van der Waals surface area contributed by atoms with E-state index in [4.69, 9.17) is 0 Å². The molecule has 0 aliphatic carbocycles. The molecule has 0 amide bonds. The molecule has 0 aliphatic rings. The minimum Gasteiger partial charge on any atom is -0.289 e. The number of nitrogens with zero attached hydrogens (tertiary/aromatic N) is 1. The first-order valence-electron chi connectivity index (χ1n) is 9.15. The molecule has 0 N–H and O–H groups in total. The summed E-state index contributed by atoms with van der Waals surface area (Å²) in [4.78, 5) is 31.0. The Morgan fingerprint density at radius 1 is 0.679 bits per heavy atom. The van der Waals surface area contributed by atoms with E-state index in [1.807, 2.05) is 62.4 Å². The van der Waals surface area contributed by atoms with Crippen LogP contribution < -0.4 is 0 Å². The van der Waals surface area contributed by atoms with Crippen LogP contribution in [0.15, 0.2) is 78.9 Å². The number of hydrogen-bond donors (Lipinski definition) is 0. The van der Waals surface area contributed by atoms with Gasteiger partial charge in [-0.1, -0.05) is 71.8 Å². The van der Waals surface area contributed by atoms with Gasteiger partial charge in [0, 0.05) is 16.5 Å². The zero-order valence-corrected chi connectivity index (χ0v) is 15.8. The lowest BCUT2D eigenvalue weighted by Crippen LogP contribution is -2.13. The molecule has 136 valence electrons. The highest BCUT2D eigenvalue weighted by molar-refractivity contribution is 6.20. The van der Waals surface area contributed by atoms with Crippen LogP contribution in [0.2, 0.25) is 0 Å². The summed E-state index contributed by atoms with van der Waals surface area (Å²) in [6.45, 7) is 3.96. The predicted molar refractivity (Wildman–Crippen MR) is 111 cm³/mol. The summed E-state index contributed by atoms with van der Waals surface area (Å²) in [5, 5.41) is 0.847. The molecule has 4 aromatic rings. The van der Waals surface area contributed by atoms with Gasteiger partial charge in [0.25, 0.3) is 0 Å². The number of aromatic nitrogens is 1. The molecule has 0 aliphatic heterocycles. The van der Waals surface area contributed by atoms with Gasteiger partial charge in [-0.2, -0.15) is 0 Å². The van der Waals surface area contributed by atoms with Gasteiger partial charge in [0.2, 0.25) is 5.78 Å². The van der Waals surface area contributed by atoms with Gasteiger partial charge in [0.05, 0.1) is 11.1 Å². The molecular formula is C25H19NO2. The van der Waals surface area contributed by atoms with Crippen LogP contribution in [-0.4, -0.2) is 16.6 Å². The molecule has 3 nitrogen and oxygen atoms in total. The third-order valence-corrected chi connectivity index (χ3v) is 4.78. The summed E-state index contributed by atoms with van der Waals surface area (Å²) in [6, 6.07) is 23.9. The Hall–Kier alpha value is -3.59. The molecular weight excluding hydrogens is 346 g/mol. The van der Waals surface area contributed by atoms with Crippen LogP contribution >= 0.6 is 0 Å². The Morgan fingerprint density at radius 3 is 2.04 bits per heavy atom. The van der Waals surface area contributed by atoms with Gasteiger partial charge < -0.3 is 0 Å². The maximum Gasteiger partial charge on any atom is 0.212 e. The van der Waals surface area contributed by atoms with E-state index in [9.17, 15) is 9.59 Å². The Labute approximate surface area is 163 Å². The van der Waals surface area contributed by atoms with Crippen LogP contribution in [-0.2, 0) is 0 Å². The molecule has 0 bridgehead atoms. The smallest absolute Gasteiger partial charge is 0.212 e. The summed E-state index contributed by atoms with van der Waals surface area (Å²) in [7, 11) is 0. The molecule has 0 radical (unpaired) electrons. The number of hydrogen-bond acceptors (Lipinski definition) is 3. The number of carbonyl (C=O) groups excluding carboxylic acids is 2. The first kappa shape index (κ1) is 17.8. The number of ketones is 2. The second kappa shape index (κ2) is 7.20. The van der Waals surface area contributed by atoms with E-state index < -0.39 is 0 Å². The minimum absolute atomic E-state index is 0.189. The molecule has 0 saturated carbocycles. The van der Waals surface area contributed by atoms with Crippen LogP contribution in [0, 0.1) is 13.8 Å². The highest BCUT2D eigenvalue weighted by atomic mass is 16.1. The van der Waals surface area contributed by atoms with E-state index in [-0.39, 0.29) is 17.3 Å². The maximum absolute atomic E-state index is 13.2. The summed E-state index contributed by atoms with van der Waals surface area (Å²) in [5.41, 5.74) is 4.42. The molecule has 28 heavy (non-hydrogen) atoms. The van der Waals surface area contributed by atoms with E-state index >= 15 is 0 Å². The maximum atomic E-state index is 13.2. The van der Waals surface area contributed by atoms with Gasteiger partial charge in [-0.15, -0.1) is 0 Å². The van der Waals surface area contributed by atoms with Crippen molar-refractivity contribution in [2.45, 2.75) is 13.8 Å². The quantitative estimate of drug-likeness (QED) is 0.460. The van der Waals surface area contributed by atoms with Gasteiger partial charge in [-0.05, 0) is 32.0 Å². The van der Waals surface area contributed by atoms with Crippen LogP contribution in [0.3, 0.4) is 0 Å². The number of aryl methyl sites for hydroxylation is 2. The second-order valence-electron chi connectivity index (χ2n) is 6.97. The molecule has 4 rings (SSSR count). The first-order valence-corrected chi connectivity index (χ1v) is 9.15. The minimum atomic E-state index is -0.248. The zero-order valence-electron chi connectivity index (χ0n) is 15.8. The van der Waals surface area contributed by atoms with Gasteiger partial charge in [-0.25, -0.2) is 4.98 Å². The Morgan fingerprint density at radius 2 is 1.32 bits per heavy atom. The molecule has 1 heterocycles. The second-order valence-corrected chi connectivity index (χ2v) is 6.97. The molecule has 0 spiro atoms. The van der Waals surface area contributed by atoms with Crippen LogP contribution in [0.4, 0.5) is 0 Å². The topological polar surface area (TPSA) is 47.0 Å². The standard InChI is InChI=1S/C25H19NO2/c1-16-8-11-19(12-9-16)25(28)23-21(24(27)18-6-4-3-5-7-18)15-20-14-17(2)10-13-22(20)26-23/h3-15H,1-2H3. The lowest BCUT2D eigenvalue weighted by molar-refractivity contribution is 0.1000. The van der Waals surface area contributed by atoms with E-state index in [0.29, 0.717) is 22.2 Å². The zero-order chi connectivity index (χ0) is 19.7. The van der Waals surface area contributed by atoms with Crippen molar-refractivity contribution >= 4 is 22.5 Å². The fourth-order valence-corrected chi connectivity index (χ4v) is 3.23. The lowest BCUT2D eigenvalue weighted by Gasteiger charge is -2.10. The van der Waals surface area contributed by atoms with Crippen LogP contribution in [0.25, 0.3) is 10.9 Å². The van der Waals surface area contributed by atoms with Gasteiger partial charge in [0.15, 0.2) is 5.78 Å². The average molecular weight is 365 g/mol. The van der Waals surface area contributed by atoms with Crippen molar-refractivity contribution in [3.63, 3.8) is 0 Å². The highest BCUT2D eigenvalue weighted by Gasteiger charge is 2.22. The van der Waals surface area contributed by atoms with Crippen molar-refractivity contribution in [2.75, 3.05) is 0 Å². The number of benzene rings is 3. The molecule has 0 fully saturated rings. The predicted octanol–water partition coefficient (Wildman–Crippen LogP) is 5.31. The van der Waals surface area contributed by atoms with E-state index in [1.165, 1.54) is 0 Å². The molecule has 0 atom stereocenters. The molecule has 3 aromatic carbocycles. The highest BCUT2D eigenvalue weighted by Crippen LogP contribution is 2.23. The van der Waals surface area contributed by atoms with Gasteiger partial charge in [-0.3, -0.25) is 9.59 Å². The average Bonchev–Trinajstić information content (AvgIpc) is 2.73. The molecule has 1 aromatic heterocycles. The number of carbonyl (C=O) groups is 2. The van der Waals surface area contributed by atoms with Crippen LogP contribution in [0.1, 0.15) is 43.1 Å². The van der Waals surface area contributed by atoms with Crippen molar-refractivity contribution in [3.8, 4) is 0 Å². The van der Waals surface area contributed by atoms with Crippen molar-refractivity contribution in [1.82, 2.24) is 4.98 Å². The van der Waals surface area contributed by atoms with E-state index in [1.54, 1.807) is 30.3 Å². The van der Waals surface area contributed by atoms with Gasteiger partial charge >= 0.3 is 0 Å². The van der Waals surface area contributed by atoms with Crippen molar-refractivity contribution in [1.29, 1.82) is 0 Å². The molecule has 0 unspecified atom stereocenters. The number of fused-ring (bicyclic) bond motifs is 1. The van der Waals surface area contributed by atoms with E-state index in [2.05, 4.69) is 4.98 Å². The summed E-state index contributed by atoms with van der Waals surface area (Å²) < 4.78 is 0. The molecule has 0 saturated heterocycles. The fraction of sp³-hybridized carbons (Fsp3) is 0.0800. The Kier molecular flexibility index (Phi) is 4.58. The van der Waals surface area contributed by atoms with Crippen LogP contribution in [0.5, 0.6) is 0 Å². The SMILES string of the molecule is Cc1ccc(C(=O)c2nc3ccc(C)cc3cc2C(=O)c2ccccc2)cc1. The molecule has 3 heteroatoms. The van der Waals surface area contributed by atoms with E-state index in [0.717, 1.165) is 16.5 Å². The number of pyridine rings is 1. The van der Waals surface area contributed by atoms with Crippen molar-refractivity contribution in [3.05, 3.63) is 112 Å². The monoisotopic (exact) mass is 365 g/mol. The third kappa shape index (κ3) is 3.35. The summed E-state index contributed by atoms with van der Waals surface area (Å²) >= 11 is 0. The van der Waals surface area contributed by atoms with Crippen molar-refractivity contribution < 1.29 is 9.59 Å². The first-order chi connectivity index (χ1) is 13.5. The fourth-order valence-electron chi connectivity index (χ4n) is 3.23. The van der Waals surface area contributed by atoms with Gasteiger partial charge in [0.1, 0.15) is 5.69 Å². The normalized spacial score (nSPS) is 10.8. The Bertz CT molecular complexity index is 1190. The number of rotatable bonds is 4. The summed E-state index contributed by atoms with van der Waals surface area (Å²) in [6.07, 6.45) is 0. The third-order valence-electron chi connectivity index (χ3n) is 4.78. The lowest BCUT2D eigenvalue weighted by atomic mass is 9.95. The Balaban J connectivity index is 1.92. The van der Waals surface area contributed by atoms with Crippen molar-refractivity contribution in [2.24, 2.45) is 0 Å². The summed E-state index contributed by atoms with van der Waals surface area (Å²) in [5.74, 6) is -0.450. The largest absolute Gasteiger partial charge is 0.289 e.